The zero-order chi connectivity index (χ0) is 82.0. The molecule has 602 valence electrons. The second kappa shape index (κ2) is 181. The molecule has 0 spiro atoms. The lowest BCUT2D eigenvalue weighted by Crippen LogP contribution is -1.66. The minimum atomic E-state index is 0. The normalized spacial score (nSPS) is 7.38. The van der Waals surface area contributed by atoms with Gasteiger partial charge in [0.25, 0.3) is 0 Å². The molecule has 6 N–H and O–H groups in total. The van der Waals surface area contributed by atoms with E-state index in [0.29, 0.717) is 0 Å². The van der Waals surface area contributed by atoms with Crippen molar-refractivity contribution in [3.8, 4) is 0 Å². The number of oxazole rings is 1. The van der Waals surface area contributed by atoms with Crippen molar-refractivity contribution in [1.82, 2.24) is 45.8 Å². The van der Waals surface area contributed by atoms with E-state index in [0.717, 1.165) is 53.3 Å². The molecular weight excluding hydrogens is 1290 g/mol. The number of thiophene rings is 1. The number of hydrogen-bond donors (Lipinski definition) is 4. The highest BCUT2D eigenvalue weighted by Gasteiger charge is 1.72. The third kappa shape index (κ3) is 497. The van der Waals surface area contributed by atoms with Crippen molar-refractivity contribution in [2.75, 3.05) is 0 Å². The lowest BCUT2D eigenvalue weighted by molar-refractivity contribution is 0.420. The Kier molecular flexibility index (Phi) is 262. The van der Waals surface area contributed by atoms with Crippen LogP contribution in [0.1, 0.15) is 312 Å². The van der Waals surface area contributed by atoms with Crippen LogP contribution in [0.2, 0.25) is 0 Å². The molecule has 0 saturated heterocycles. The molecular formula is C85H181N9O3S3. The highest BCUT2D eigenvalue weighted by molar-refractivity contribution is 7.07. The topological polar surface area (TPSA) is 186 Å². The molecule has 0 unspecified atom stereocenters. The minimum absolute atomic E-state index is 0. The van der Waals surface area contributed by atoms with Gasteiger partial charge in [-0.25, -0.2) is 9.36 Å². The Morgan fingerprint density at radius 1 is 0.280 bits per heavy atom. The Bertz CT molecular complexity index is 1290. The molecule has 0 radical (unpaired) electrons. The van der Waals surface area contributed by atoms with Crippen LogP contribution >= 0.6 is 34.2 Å². The summed E-state index contributed by atoms with van der Waals surface area (Å²) in [6.07, 6.45) is 25.3. The summed E-state index contributed by atoms with van der Waals surface area (Å²) >= 11 is 4.78. The van der Waals surface area contributed by atoms with Gasteiger partial charge in [0.1, 0.15) is 12.5 Å². The summed E-state index contributed by atoms with van der Waals surface area (Å²) in [5.74, 6) is 7.50. The first-order chi connectivity index (χ1) is 47.1. The zero-order valence-electron chi connectivity index (χ0n) is 75.0. The molecule has 0 aromatic carbocycles. The molecule has 9 rings (SSSR count). The summed E-state index contributed by atoms with van der Waals surface area (Å²) < 4.78 is 17.2. The average Bonchev–Trinajstić information content (AvgIpc) is 4.42. The Morgan fingerprint density at radius 2 is 0.620 bits per heavy atom. The molecule has 0 aliphatic carbocycles. The largest absolute Gasteiger partial charge is 0.473 e. The van der Waals surface area contributed by atoms with E-state index in [9.17, 15) is 0 Å². The summed E-state index contributed by atoms with van der Waals surface area (Å²) in [6.45, 7) is 94.5. The first kappa shape index (κ1) is 145. The molecule has 100 heavy (non-hydrogen) atoms. The fraction of sp³-hybridized carbons (Fsp3) is 0.635. The fourth-order valence-electron chi connectivity index (χ4n) is 1.93. The van der Waals surface area contributed by atoms with Gasteiger partial charge in [0.15, 0.2) is 6.39 Å². The summed E-state index contributed by atoms with van der Waals surface area (Å²) in [6, 6.07) is 20.9. The maximum atomic E-state index is 4.58. The molecule has 0 bridgehead atoms. The van der Waals surface area contributed by atoms with Crippen molar-refractivity contribution in [2.24, 2.45) is 53.3 Å². The third-order valence-electron chi connectivity index (χ3n) is 3.64. The van der Waals surface area contributed by atoms with E-state index in [2.05, 4.69) is 240 Å². The minimum Gasteiger partial charge on any atom is -0.473 e. The van der Waals surface area contributed by atoms with E-state index >= 15 is 0 Å². The second-order valence-corrected chi connectivity index (χ2v) is 24.7. The van der Waals surface area contributed by atoms with Crippen LogP contribution in [-0.4, -0.2) is 39.7 Å². The van der Waals surface area contributed by atoms with Gasteiger partial charge in [0, 0.05) is 60.3 Å². The number of nitrogens with zero attached hydrogens (tertiary/aromatic N) is 5. The van der Waals surface area contributed by atoms with Crippen LogP contribution in [0.15, 0.2) is 201 Å². The molecule has 0 amide bonds. The van der Waals surface area contributed by atoms with E-state index in [-0.39, 0.29) is 6.15 Å². The van der Waals surface area contributed by atoms with Gasteiger partial charge in [-0.3, -0.25) is 10.1 Å². The van der Waals surface area contributed by atoms with E-state index in [1.54, 1.807) is 84.0 Å². The SMILES string of the molecule is CC.CC.CC.CC.CC.CC.CC.CC.CC.CC(C)C.CC(C)C.CC(C)C.CC(C)C.CC(C)C.CC(C)C.CC(C)C.CC(C)C.CC(C)C.N.c1cc[nH]c1.c1cc[nH]c1.c1ccoc1.c1ccsc1.c1cn[nH]c1.c1cnoc1.c1cnsc1.c1cocn1.c1cscn1. The number of aromatic amines is 3. The predicted octanol–water partition coefficient (Wildman–Crippen LogP) is 33.5. The highest BCUT2D eigenvalue weighted by atomic mass is 32.1. The zero-order valence-corrected chi connectivity index (χ0v) is 77.4. The maximum absolute atomic E-state index is 4.58. The van der Waals surface area contributed by atoms with Crippen molar-refractivity contribution < 1.29 is 13.4 Å². The van der Waals surface area contributed by atoms with Crippen molar-refractivity contribution in [3.63, 3.8) is 0 Å². The van der Waals surface area contributed by atoms with Crippen LogP contribution in [0, 0.1) is 53.3 Å². The van der Waals surface area contributed by atoms with Gasteiger partial charge in [-0.1, -0.05) is 329 Å². The number of furan rings is 1. The molecule has 9 aromatic rings. The van der Waals surface area contributed by atoms with Crippen molar-refractivity contribution in [2.45, 2.75) is 312 Å². The predicted molar refractivity (Wildman–Crippen MR) is 472 cm³/mol. The van der Waals surface area contributed by atoms with Gasteiger partial charge in [0.2, 0.25) is 0 Å². The first-order valence-corrected chi connectivity index (χ1v) is 40.2. The quantitative estimate of drug-likeness (QED) is 0.115. The monoisotopic (exact) mass is 1470 g/mol. The first-order valence-electron chi connectivity index (χ1n) is 37.5. The number of H-pyrrole nitrogens is 3. The summed E-state index contributed by atoms with van der Waals surface area (Å²) in [4.78, 5) is 13.0. The van der Waals surface area contributed by atoms with Crippen molar-refractivity contribution >= 4 is 34.2 Å². The molecule has 0 aliphatic heterocycles. The van der Waals surface area contributed by atoms with Gasteiger partial charge in [-0.05, 0) is 130 Å². The molecule has 9 heterocycles. The lowest BCUT2D eigenvalue weighted by Gasteiger charge is -1.79. The highest BCUT2D eigenvalue weighted by Crippen LogP contribution is 1.92. The van der Waals surface area contributed by atoms with Crippen LogP contribution < -0.4 is 6.15 Å². The molecule has 0 saturated carbocycles. The van der Waals surface area contributed by atoms with Gasteiger partial charge in [0.05, 0.1) is 30.4 Å². The molecule has 15 heteroatoms. The smallest absolute Gasteiger partial charge is 0.180 e. The van der Waals surface area contributed by atoms with E-state index < -0.39 is 0 Å². The maximum Gasteiger partial charge on any atom is 0.180 e. The van der Waals surface area contributed by atoms with E-state index in [4.69, 9.17) is 0 Å². The Labute approximate surface area is 641 Å². The van der Waals surface area contributed by atoms with E-state index in [1.807, 2.05) is 232 Å². The van der Waals surface area contributed by atoms with Gasteiger partial charge in [-0.15, -0.1) is 11.3 Å². The van der Waals surface area contributed by atoms with Crippen LogP contribution in [0.3, 0.4) is 0 Å². The summed E-state index contributed by atoms with van der Waals surface area (Å²) in [7, 11) is 0. The number of nitrogens with one attached hydrogen (secondary N) is 3. The fourth-order valence-corrected chi connectivity index (χ4v) is 3.08. The molecule has 0 aliphatic rings. The number of hydrogen-bond acceptors (Lipinski definition) is 12. The Morgan fingerprint density at radius 3 is 0.700 bits per heavy atom. The number of rotatable bonds is 0. The summed E-state index contributed by atoms with van der Waals surface area (Å²) in [5, 5.41) is 17.5. The average molecular weight is 1470 g/mol. The van der Waals surface area contributed by atoms with Gasteiger partial charge in [-0.2, -0.15) is 16.4 Å². The summed E-state index contributed by atoms with van der Waals surface area (Å²) in [5.41, 5.74) is 1.79. The van der Waals surface area contributed by atoms with Crippen LogP contribution in [0.4, 0.5) is 0 Å². The number of aromatic nitrogens is 8. The Hall–Kier alpha value is -5.61. The lowest BCUT2D eigenvalue weighted by atomic mass is 10.3. The Balaban J connectivity index is -0.0000000403. The van der Waals surface area contributed by atoms with Crippen molar-refractivity contribution in [1.29, 1.82) is 0 Å². The van der Waals surface area contributed by atoms with Crippen molar-refractivity contribution in [3.05, 3.63) is 187 Å². The van der Waals surface area contributed by atoms with Crippen LogP contribution in [0.25, 0.3) is 0 Å². The van der Waals surface area contributed by atoms with Crippen LogP contribution in [0.5, 0.6) is 0 Å². The third-order valence-corrected chi connectivity index (χ3v) is 5.31. The molecule has 0 atom stereocenters. The second-order valence-electron chi connectivity index (χ2n) is 22.4. The molecule has 9 aromatic heterocycles. The van der Waals surface area contributed by atoms with Gasteiger partial charge < -0.3 is 29.5 Å². The molecule has 12 nitrogen and oxygen atoms in total. The van der Waals surface area contributed by atoms with Crippen LogP contribution in [-0.2, 0) is 0 Å². The number of thiazole rings is 1. The van der Waals surface area contributed by atoms with Gasteiger partial charge >= 0.3 is 0 Å². The molecule has 0 fully saturated rings. The van der Waals surface area contributed by atoms with E-state index in [1.165, 1.54) is 30.5 Å². The standard InChI is InChI=1S/2C4H5N.C4H4O.C4H4S.9C4H10.C3H4N2.2C3H3NO.2C3H3NS.9C2H6.H3N/c4*1-2-4-5-3-1;9*1-4(2)3;1-2-4-5-3-1;1-2-5-3-4-1;1-2-4-5-3-1;1-2-5-3-4-1;1-2-4-5-3-1;9*1-2;/h2*1-5H;2*1-4H;9*4H,1-3H3;1-3H,(H,4,5);4*1-3H;9*1-2H3;1H3.